The van der Waals surface area contributed by atoms with E-state index in [4.69, 9.17) is 0 Å². The molecule has 0 fully saturated rings. The van der Waals surface area contributed by atoms with Crippen molar-refractivity contribution in [3.05, 3.63) is 11.8 Å². The summed E-state index contributed by atoms with van der Waals surface area (Å²) < 4.78 is 0. The van der Waals surface area contributed by atoms with E-state index in [-0.39, 0.29) is 0 Å². The van der Waals surface area contributed by atoms with Crippen LogP contribution in [0, 0.1) is 0 Å². The molecule has 0 rings (SSSR count). The molecule has 0 spiro atoms. The Labute approximate surface area is 77.5 Å². The van der Waals surface area contributed by atoms with E-state index in [0.717, 1.165) is 18.0 Å². The van der Waals surface area contributed by atoms with Gasteiger partial charge in [-0.05, 0) is 12.8 Å². The summed E-state index contributed by atoms with van der Waals surface area (Å²) in [5.41, 5.74) is -0.607. The van der Waals surface area contributed by atoms with Crippen molar-refractivity contribution in [2.24, 2.45) is 0 Å². The standard InChI is InChI=1S/C10H22OSi/c1-7-10(11,8-2)9(3)12(4,5)6/h11H,3,7-8H2,1-2,4-6H3. The summed E-state index contributed by atoms with van der Waals surface area (Å²) in [5.74, 6) is 0. The van der Waals surface area contributed by atoms with Gasteiger partial charge in [0.2, 0.25) is 0 Å². The lowest BCUT2D eigenvalue weighted by atomic mass is 9.98. The van der Waals surface area contributed by atoms with E-state index >= 15 is 0 Å². The van der Waals surface area contributed by atoms with Gasteiger partial charge in [0.15, 0.2) is 0 Å². The molecule has 0 amide bonds. The van der Waals surface area contributed by atoms with Crippen LogP contribution in [0.15, 0.2) is 11.8 Å². The van der Waals surface area contributed by atoms with Crippen molar-refractivity contribution < 1.29 is 5.11 Å². The normalized spacial score (nSPS) is 13.2. The van der Waals surface area contributed by atoms with E-state index in [1.54, 1.807) is 0 Å². The second-order valence-electron chi connectivity index (χ2n) is 4.47. The Morgan fingerprint density at radius 1 is 1.25 bits per heavy atom. The fourth-order valence-corrected chi connectivity index (χ4v) is 3.12. The molecule has 1 nitrogen and oxygen atoms in total. The molecule has 0 unspecified atom stereocenters. The Hall–Kier alpha value is -0.0831. The predicted octanol–water partition coefficient (Wildman–Crippen LogP) is 2.97. The molecule has 0 radical (unpaired) electrons. The van der Waals surface area contributed by atoms with E-state index in [0.29, 0.717) is 0 Å². The molecule has 0 aromatic carbocycles. The first kappa shape index (κ1) is 11.9. The van der Waals surface area contributed by atoms with Crippen LogP contribution in [0.3, 0.4) is 0 Å². The van der Waals surface area contributed by atoms with Gasteiger partial charge in [0.25, 0.3) is 0 Å². The third-order valence-electron chi connectivity index (χ3n) is 2.64. The highest BCUT2D eigenvalue weighted by atomic mass is 28.3. The van der Waals surface area contributed by atoms with Gasteiger partial charge in [-0.2, -0.15) is 0 Å². The third-order valence-corrected chi connectivity index (χ3v) is 4.91. The minimum atomic E-state index is -1.38. The SMILES string of the molecule is C=C(C(O)(CC)CC)[Si](C)(C)C. The highest BCUT2D eigenvalue weighted by Crippen LogP contribution is 2.30. The van der Waals surface area contributed by atoms with Crippen molar-refractivity contribution in [1.82, 2.24) is 0 Å². The first-order chi connectivity index (χ1) is 5.28. The number of aliphatic hydroxyl groups is 1. The molecule has 2 heteroatoms. The van der Waals surface area contributed by atoms with Gasteiger partial charge in [0, 0.05) is 0 Å². The second-order valence-corrected chi connectivity index (χ2v) is 9.57. The molecule has 0 saturated heterocycles. The van der Waals surface area contributed by atoms with Crippen LogP contribution in [-0.2, 0) is 0 Å². The Morgan fingerprint density at radius 3 is 1.67 bits per heavy atom. The summed E-state index contributed by atoms with van der Waals surface area (Å²) in [7, 11) is -1.38. The van der Waals surface area contributed by atoms with Crippen LogP contribution < -0.4 is 0 Å². The van der Waals surface area contributed by atoms with Gasteiger partial charge in [-0.15, -0.1) is 6.58 Å². The summed E-state index contributed by atoms with van der Waals surface area (Å²) in [4.78, 5) is 0. The molecular weight excluding hydrogens is 164 g/mol. The van der Waals surface area contributed by atoms with E-state index in [1.165, 1.54) is 0 Å². The van der Waals surface area contributed by atoms with Crippen molar-refractivity contribution in [2.45, 2.75) is 51.9 Å². The van der Waals surface area contributed by atoms with E-state index in [2.05, 4.69) is 26.2 Å². The van der Waals surface area contributed by atoms with E-state index in [9.17, 15) is 5.11 Å². The van der Waals surface area contributed by atoms with Crippen LogP contribution in [0.2, 0.25) is 19.6 Å². The summed E-state index contributed by atoms with van der Waals surface area (Å²) in [6.07, 6.45) is 1.57. The quantitative estimate of drug-likeness (QED) is 0.669. The van der Waals surface area contributed by atoms with Crippen molar-refractivity contribution in [2.75, 3.05) is 0 Å². The fourth-order valence-electron chi connectivity index (χ4n) is 1.37. The lowest BCUT2D eigenvalue weighted by Gasteiger charge is -2.35. The molecule has 12 heavy (non-hydrogen) atoms. The van der Waals surface area contributed by atoms with E-state index < -0.39 is 13.7 Å². The maximum atomic E-state index is 10.2. The zero-order valence-corrected chi connectivity index (χ0v) is 10.1. The highest BCUT2D eigenvalue weighted by molar-refractivity contribution is 6.83. The lowest BCUT2D eigenvalue weighted by molar-refractivity contribution is 0.0769. The smallest absolute Gasteiger partial charge is 0.0814 e. The molecule has 1 N–H and O–H groups in total. The monoisotopic (exact) mass is 186 g/mol. The molecule has 0 aliphatic heterocycles. The lowest BCUT2D eigenvalue weighted by Crippen LogP contribution is -2.41. The van der Waals surface area contributed by atoms with Crippen LogP contribution in [-0.4, -0.2) is 18.8 Å². The molecule has 0 aliphatic rings. The zero-order chi connectivity index (χ0) is 9.99. The van der Waals surface area contributed by atoms with Gasteiger partial charge in [-0.3, -0.25) is 0 Å². The molecule has 0 aromatic rings. The Kier molecular flexibility index (Phi) is 3.73. The van der Waals surface area contributed by atoms with E-state index in [1.807, 2.05) is 13.8 Å². The molecule has 0 aliphatic carbocycles. The van der Waals surface area contributed by atoms with Crippen molar-refractivity contribution in [3.63, 3.8) is 0 Å². The molecule has 0 aromatic heterocycles. The number of rotatable bonds is 4. The Bertz CT molecular complexity index is 163. The van der Waals surface area contributed by atoms with Gasteiger partial charge in [-0.1, -0.05) is 38.7 Å². The van der Waals surface area contributed by atoms with Gasteiger partial charge in [-0.25, -0.2) is 0 Å². The predicted molar refractivity (Wildman–Crippen MR) is 58.0 cm³/mol. The molecule has 0 atom stereocenters. The van der Waals surface area contributed by atoms with Crippen molar-refractivity contribution in [3.8, 4) is 0 Å². The Balaban J connectivity index is 4.66. The average molecular weight is 186 g/mol. The number of hydrogen-bond donors (Lipinski definition) is 1. The van der Waals surface area contributed by atoms with Gasteiger partial charge in [0.1, 0.15) is 0 Å². The van der Waals surface area contributed by atoms with Crippen LogP contribution in [0.1, 0.15) is 26.7 Å². The van der Waals surface area contributed by atoms with Crippen molar-refractivity contribution >= 4 is 8.07 Å². The van der Waals surface area contributed by atoms with Crippen molar-refractivity contribution in [1.29, 1.82) is 0 Å². The largest absolute Gasteiger partial charge is 0.386 e. The minimum absolute atomic E-state index is 0.607. The minimum Gasteiger partial charge on any atom is -0.386 e. The zero-order valence-electron chi connectivity index (χ0n) is 9.07. The summed E-state index contributed by atoms with van der Waals surface area (Å²) in [6, 6.07) is 0. The van der Waals surface area contributed by atoms with Crippen LogP contribution in [0.25, 0.3) is 0 Å². The molecule has 0 saturated carbocycles. The highest BCUT2D eigenvalue weighted by Gasteiger charge is 2.34. The second kappa shape index (κ2) is 3.75. The van der Waals surface area contributed by atoms with Crippen LogP contribution >= 0.6 is 0 Å². The number of hydrogen-bond acceptors (Lipinski definition) is 1. The third kappa shape index (κ3) is 2.46. The van der Waals surface area contributed by atoms with Gasteiger partial charge < -0.3 is 5.11 Å². The first-order valence-corrected chi connectivity index (χ1v) is 8.20. The maximum Gasteiger partial charge on any atom is 0.0814 e. The Morgan fingerprint density at radius 2 is 1.58 bits per heavy atom. The summed E-state index contributed by atoms with van der Waals surface area (Å²) >= 11 is 0. The fraction of sp³-hybridized carbons (Fsp3) is 0.800. The average Bonchev–Trinajstić information content (AvgIpc) is 2.00. The summed E-state index contributed by atoms with van der Waals surface area (Å²) in [6.45, 7) is 14.8. The maximum absolute atomic E-state index is 10.2. The summed E-state index contributed by atoms with van der Waals surface area (Å²) in [5, 5.41) is 11.3. The van der Waals surface area contributed by atoms with Crippen LogP contribution in [0.4, 0.5) is 0 Å². The molecule has 0 bridgehead atoms. The van der Waals surface area contributed by atoms with Gasteiger partial charge in [0.05, 0.1) is 13.7 Å². The molecule has 0 heterocycles. The molecular formula is C10H22OSi. The van der Waals surface area contributed by atoms with Crippen LogP contribution in [0.5, 0.6) is 0 Å². The first-order valence-electron chi connectivity index (χ1n) is 4.70. The van der Waals surface area contributed by atoms with Gasteiger partial charge >= 0.3 is 0 Å². The molecule has 72 valence electrons. The topological polar surface area (TPSA) is 20.2 Å².